The lowest BCUT2D eigenvalue weighted by Crippen LogP contribution is -2.05. The Balaban J connectivity index is 4.73. The summed E-state index contributed by atoms with van der Waals surface area (Å²) in [5.41, 5.74) is 0.364. The molecule has 82 valence electrons. The van der Waals surface area contributed by atoms with Crippen molar-refractivity contribution in [3.8, 4) is 0 Å². The molecule has 0 N–H and O–H groups in total. The topological polar surface area (TPSA) is 0 Å². The summed E-state index contributed by atoms with van der Waals surface area (Å²) >= 11 is 7.18. The predicted octanol–water partition coefficient (Wildman–Crippen LogP) is 5.64. The Hall–Kier alpha value is 0.440. The molecule has 0 saturated heterocycles. The zero-order valence-corrected chi connectivity index (χ0v) is 13.1. The van der Waals surface area contributed by atoms with Gasteiger partial charge in [0, 0.05) is 8.96 Å². The first-order valence-corrected chi connectivity index (χ1v) is 6.37. The Kier molecular flexibility index (Phi) is 5.13. The third kappa shape index (κ3) is 5.35. The van der Waals surface area contributed by atoms with Crippen LogP contribution in [0.5, 0.6) is 0 Å². The van der Waals surface area contributed by atoms with Crippen LogP contribution >= 0.6 is 31.9 Å². The van der Waals surface area contributed by atoms with Crippen LogP contribution in [0.2, 0.25) is 0 Å². The van der Waals surface area contributed by atoms with Gasteiger partial charge in [0.1, 0.15) is 0 Å². The minimum absolute atomic E-state index is 0.182. The molecule has 0 aromatic carbocycles. The summed E-state index contributed by atoms with van der Waals surface area (Å²) in [6.45, 7) is 13.1. The number of allylic oxidation sites excluding steroid dienone is 4. The van der Waals surface area contributed by atoms with Crippen LogP contribution in [0.4, 0.5) is 0 Å². The van der Waals surface area contributed by atoms with E-state index in [1.807, 2.05) is 0 Å². The summed E-state index contributed by atoms with van der Waals surface area (Å²) in [5, 5.41) is 0. The van der Waals surface area contributed by atoms with Crippen LogP contribution in [-0.4, -0.2) is 0 Å². The van der Waals surface area contributed by atoms with E-state index in [1.54, 1.807) is 0 Å². The van der Waals surface area contributed by atoms with Crippen LogP contribution in [0.25, 0.3) is 0 Å². The van der Waals surface area contributed by atoms with Gasteiger partial charge in [0.05, 0.1) is 0 Å². The minimum atomic E-state index is 0.182. The van der Waals surface area contributed by atoms with Gasteiger partial charge in [-0.05, 0) is 10.8 Å². The van der Waals surface area contributed by atoms with Crippen LogP contribution in [-0.2, 0) is 0 Å². The van der Waals surface area contributed by atoms with Gasteiger partial charge in [0.2, 0.25) is 0 Å². The van der Waals surface area contributed by atoms with Crippen molar-refractivity contribution in [2.75, 3.05) is 0 Å². The number of hydrogen-bond donors (Lipinski definition) is 0. The van der Waals surface area contributed by atoms with Crippen LogP contribution in [0.3, 0.4) is 0 Å². The van der Waals surface area contributed by atoms with Crippen molar-refractivity contribution in [2.45, 2.75) is 41.5 Å². The van der Waals surface area contributed by atoms with Gasteiger partial charge in [-0.2, -0.15) is 0 Å². The van der Waals surface area contributed by atoms with Gasteiger partial charge in [-0.15, -0.1) is 0 Å². The standard InChI is InChI=1S/C12H20Br2/c1-11(2,3)9(13)7-8-10(14)12(4,5)6/h7-8H,1-6H3/b9-7-,10-8-. The van der Waals surface area contributed by atoms with Crippen molar-refractivity contribution in [3.63, 3.8) is 0 Å². The van der Waals surface area contributed by atoms with Gasteiger partial charge in [0.25, 0.3) is 0 Å². The van der Waals surface area contributed by atoms with Gasteiger partial charge < -0.3 is 0 Å². The highest BCUT2D eigenvalue weighted by Gasteiger charge is 2.15. The molecule has 2 heteroatoms. The summed E-state index contributed by atoms with van der Waals surface area (Å²) in [5.74, 6) is 0. The molecule has 0 aliphatic rings. The molecule has 0 aromatic heterocycles. The second kappa shape index (κ2) is 4.98. The molecule has 14 heavy (non-hydrogen) atoms. The number of hydrogen-bond acceptors (Lipinski definition) is 0. The average molecular weight is 324 g/mol. The third-order valence-corrected chi connectivity index (χ3v) is 4.72. The highest BCUT2D eigenvalue weighted by molar-refractivity contribution is 9.12. The maximum absolute atomic E-state index is 3.59. The quantitative estimate of drug-likeness (QED) is 0.548. The Morgan fingerprint density at radius 3 is 1.07 bits per heavy atom. The fourth-order valence-electron chi connectivity index (χ4n) is 0.646. The number of halogens is 2. The first kappa shape index (κ1) is 14.4. The van der Waals surface area contributed by atoms with Crippen molar-refractivity contribution >= 4 is 31.9 Å². The van der Waals surface area contributed by atoms with Gasteiger partial charge in [-0.3, -0.25) is 0 Å². The molecular formula is C12H20Br2. The highest BCUT2D eigenvalue weighted by Crippen LogP contribution is 2.33. The summed E-state index contributed by atoms with van der Waals surface area (Å²) in [7, 11) is 0. The Bertz CT molecular complexity index is 218. The van der Waals surface area contributed by atoms with Crippen molar-refractivity contribution in [3.05, 3.63) is 21.1 Å². The van der Waals surface area contributed by atoms with Crippen LogP contribution < -0.4 is 0 Å². The smallest absolute Gasteiger partial charge is 0.000451 e. The van der Waals surface area contributed by atoms with E-state index < -0.39 is 0 Å². The normalized spacial score (nSPS) is 16.0. The zero-order chi connectivity index (χ0) is 11.6. The van der Waals surface area contributed by atoms with E-state index in [0.717, 1.165) is 0 Å². The molecule has 0 atom stereocenters. The van der Waals surface area contributed by atoms with E-state index in [-0.39, 0.29) is 10.8 Å². The molecule has 0 aliphatic carbocycles. The molecule has 0 aliphatic heterocycles. The third-order valence-electron chi connectivity index (χ3n) is 1.81. The molecule has 0 fully saturated rings. The fraction of sp³-hybridized carbons (Fsp3) is 0.667. The van der Waals surface area contributed by atoms with E-state index in [1.165, 1.54) is 8.96 Å². The summed E-state index contributed by atoms with van der Waals surface area (Å²) in [6.07, 6.45) is 4.24. The van der Waals surface area contributed by atoms with E-state index in [4.69, 9.17) is 0 Å². The predicted molar refractivity (Wildman–Crippen MR) is 72.9 cm³/mol. The molecule has 0 spiro atoms. The van der Waals surface area contributed by atoms with Crippen molar-refractivity contribution < 1.29 is 0 Å². The second-order valence-corrected chi connectivity index (χ2v) is 7.24. The maximum Gasteiger partial charge on any atom is 0.000451 e. The van der Waals surface area contributed by atoms with Gasteiger partial charge in [-0.25, -0.2) is 0 Å². The van der Waals surface area contributed by atoms with Crippen molar-refractivity contribution in [1.29, 1.82) is 0 Å². The fourth-order valence-corrected chi connectivity index (χ4v) is 0.911. The van der Waals surface area contributed by atoms with Gasteiger partial charge >= 0.3 is 0 Å². The lowest BCUT2D eigenvalue weighted by molar-refractivity contribution is 0.531. The first-order chi connectivity index (χ1) is 6.05. The minimum Gasteiger partial charge on any atom is -0.0556 e. The summed E-state index contributed by atoms with van der Waals surface area (Å²) in [6, 6.07) is 0. The largest absolute Gasteiger partial charge is 0.0556 e. The molecular weight excluding hydrogens is 304 g/mol. The monoisotopic (exact) mass is 322 g/mol. The molecule has 0 saturated carbocycles. The molecule has 0 heterocycles. The number of rotatable bonds is 1. The highest BCUT2D eigenvalue weighted by atomic mass is 79.9. The van der Waals surface area contributed by atoms with E-state index in [9.17, 15) is 0 Å². The van der Waals surface area contributed by atoms with Crippen molar-refractivity contribution in [1.82, 2.24) is 0 Å². The lowest BCUT2D eigenvalue weighted by Gasteiger charge is -2.19. The Morgan fingerprint density at radius 2 is 0.929 bits per heavy atom. The van der Waals surface area contributed by atoms with Crippen LogP contribution in [0.15, 0.2) is 21.1 Å². The molecule has 0 rings (SSSR count). The van der Waals surface area contributed by atoms with E-state index in [0.29, 0.717) is 0 Å². The Morgan fingerprint density at radius 1 is 0.714 bits per heavy atom. The van der Waals surface area contributed by atoms with Crippen LogP contribution in [0.1, 0.15) is 41.5 Å². The van der Waals surface area contributed by atoms with Gasteiger partial charge in [0.15, 0.2) is 0 Å². The maximum atomic E-state index is 3.59. The average Bonchev–Trinajstić information content (AvgIpc) is 1.95. The summed E-state index contributed by atoms with van der Waals surface area (Å²) in [4.78, 5) is 0. The molecule has 0 nitrogen and oxygen atoms in total. The lowest BCUT2D eigenvalue weighted by atomic mass is 9.94. The zero-order valence-electron chi connectivity index (χ0n) is 9.91. The van der Waals surface area contributed by atoms with E-state index in [2.05, 4.69) is 85.6 Å². The van der Waals surface area contributed by atoms with Crippen LogP contribution in [0, 0.1) is 10.8 Å². The second-order valence-electron chi connectivity index (χ2n) is 5.53. The van der Waals surface area contributed by atoms with E-state index >= 15 is 0 Å². The Labute approximate surface area is 105 Å². The molecule has 0 unspecified atom stereocenters. The van der Waals surface area contributed by atoms with Crippen molar-refractivity contribution in [2.24, 2.45) is 10.8 Å². The molecule has 0 amide bonds. The SMILES string of the molecule is CC(C)(C)/C(Br)=C/C=C(\Br)C(C)(C)C. The molecule has 0 bridgehead atoms. The molecule has 0 radical (unpaired) electrons. The first-order valence-electron chi connectivity index (χ1n) is 4.79. The van der Waals surface area contributed by atoms with Gasteiger partial charge in [-0.1, -0.05) is 85.6 Å². The molecule has 0 aromatic rings. The summed E-state index contributed by atoms with van der Waals surface area (Å²) < 4.78 is 2.43.